The van der Waals surface area contributed by atoms with Crippen LogP contribution in [0.25, 0.3) is 0 Å². The van der Waals surface area contributed by atoms with Gasteiger partial charge in [-0.1, -0.05) is 0 Å². The maximum Gasteiger partial charge on any atom is 0.254 e. The molecular formula is C12H15F2NO2S. The molecule has 0 aliphatic heterocycles. The van der Waals surface area contributed by atoms with Crippen LogP contribution in [0.15, 0.2) is 18.2 Å². The summed E-state index contributed by atoms with van der Waals surface area (Å²) in [4.78, 5) is 11.5. The van der Waals surface area contributed by atoms with Crippen LogP contribution in [-0.2, 0) is 0 Å². The molecule has 1 aromatic rings. The molecule has 0 bridgehead atoms. The fraction of sp³-hybridized carbons (Fsp3) is 0.417. The Morgan fingerprint density at radius 2 is 2.11 bits per heavy atom. The molecule has 1 amide bonds. The zero-order valence-corrected chi connectivity index (χ0v) is 10.6. The second-order valence-electron chi connectivity index (χ2n) is 3.57. The molecule has 0 unspecified atom stereocenters. The van der Waals surface area contributed by atoms with Crippen molar-refractivity contribution in [3.8, 4) is 0 Å². The molecule has 1 aromatic carbocycles. The highest BCUT2D eigenvalue weighted by atomic mass is 32.2. The number of hydrogen-bond donors (Lipinski definition) is 2. The van der Waals surface area contributed by atoms with Gasteiger partial charge < -0.3 is 10.4 Å². The molecule has 0 heterocycles. The number of carbonyl (C=O) groups is 1. The lowest BCUT2D eigenvalue weighted by atomic mass is 10.2. The molecule has 0 fully saturated rings. The summed E-state index contributed by atoms with van der Waals surface area (Å²) in [6.07, 6.45) is 0.705. The molecule has 1 rings (SSSR count). The van der Waals surface area contributed by atoms with Crippen LogP contribution in [-0.4, -0.2) is 35.7 Å². The second-order valence-corrected chi connectivity index (χ2v) is 4.79. The van der Waals surface area contributed by atoms with E-state index in [-0.39, 0.29) is 12.2 Å². The number of nitrogens with one attached hydrogen (secondary N) is 1. The fourth-order valence-electron chi connectivity index (χ4n) is 1.27. The average Bonchev–Trinajstić information content (AvgIpc) is 2.36. The smallest absolute Gasteiger partial charge is 0.254 e. The van der Waals surface area contributed by atoms with Crippen LogP contribution in [0.1, 0.15) is 16.8 Å². The van der Waals surface area contributed by atoms with Crippen LogP contribution in [0.4, 0.5) is 8.78 Å². The van der Waals surface area contributed by atoms with Gasteiger partial charge in [0.15, 0.2) is 0 Å². The van der Waals surface area contributed by atoms with Gasteiger partial charge >= 0.3 is 0 Å². The van der Waals surface area contributed by atoms with Crippen LogP contribution in [0.2, 0.25) is 0 Å². The lowest BCUT2D eigenvalue weighted by Crippen LogP contribution is -2.26. The van der Waals surface area contributed by atoms with Gasteiger partial charge in [0, 0.05) is 18.9 Å². The van der Waals surface area contributed by atoms with Crippen molar-refractivity contribution in [2.45, 2.75) is 6.42 Å². The van der Waals surface area contributed by atoms with E-state index < -0.39 is 17.5 Å². The van der Waals surface area contributed by atoms with Crippen molar-refractivity contribution >= 4 is 17.7 Å². The minimum atomic E-state index is -0.734. The Labute approximate surface area is 109 Å². The van der Waals surface area contributed by atoms with Crippen molar-refractivity contribution in [1.82, 2.24) is 5.32 Å². The Kier molecular flexibility index (Phi) is 6.67. The van der Waals surface area contributed by atoms with Gasteiger partial charge in [-0.2, -0.15) is 11.8 Å². The van der Waals surface area contributed by atoms with Gasteiger partial charge in [0.2, 0.25) is 0 Å². The summed E-state index contributed by atoms with van der Waals surface area (Å²) in [6.45, 7) is 0.527. The number of aliphatic hydroxyl groups is 1. The minimum absolute atomic E-state index is 0.147. The number of rotatable bonds is 7. The summed E-state index contributed by atoms with van der Waals surface area (Å²) < 4.78 is 26.1. The molecule has 0 spiro atoms. The summed E-state index contributed by atoms with van der Waals surface area (Å²) in [5.74, 6) is -0.515. The third-order valence-electron chi connectivity index (χ3n) is 2.15. The number of aliphatic hydroxyl groups excluding tert-OH is 1. The largest absolute Gasteiger partial charge is 0.396 e. The quantitative estimate of drug-likeness (QED) is 0.746. The van der Waals surface area contributed by atoms with E-state index in [0.29, 0.717) is 18.7 Å². The van der Waals surface area contributed by atoms with E-state index >= 15 is 0 Å². The molecule has 0 aliphatic rings. The predicted molar refractivity (Wildman–Crippen MR) is 67.7 cm³/mol. The Morgan fingerprint density at radius 3 is 2.83 bits per heavy atom. The van der Waals surface area contributed by atoms with Gasteiger partial charge in [0.25, 0.3) is 5.91 Å². The van der Waals surface area contributed by atoms with Crippen LogP contribution in [0.3, 0.4) is 0 Å². The van der Waals surface area contributed by atoms with Crippen molar-refractivity contribution in [2.24, 2.45) is 0 Å². The third-order valence-corrected chi connectivity index (χ3v) is 3.22. The standard InChI is InChI=1S/C12H15F2NO2S/c13-9-2-3-11(14)10(8-9)12(17)15-4-7-18-6-1-5-16/h2-3,8,16H,1,4-7H2,(H,15,17). The number of halogens is 2. The summed E-state index contributed by atoms with van der Waals surface area (Å²) in [7, 11) is 0. The third kappa shape index (κ3) is 5.01. The van der Waals surface area contributed by atoms with Crippen LogP contribution >= 0.6 is 11.8 Å². The molecule has 0 aliphatic carbocycles. The summed E-state index contributed by atoms with van der Waals surface area (Å²) in [6, 6.07) is 2.78. The number of thioether (sulfide) groups is 1. The van der Waals surface area contributed by atoms with E-state index in [1.165, 1.54) is 0 Å². The number of benzene rings is 1. The summed E-state index contributed by atoms with van der Waals surface area (Å²) in [5.41, 5.74) is -0.282. The van der Waals surface area contributed by atoms with Gasteiger partial charge in [-0.25, -0.2) is 8.78 Å². The predicted octanol–water partition coefficient (Wildman–Crippen LogP) is 1.81. The van der Waals surface area contributed by atoms with Crippen molar-refractivity contribution in [3.05, 3.63) is 35.4 Å². The topological polar surface area (TPSA) is 49.3 Å². The zero-order chi connectivity index (χ0) is 13.4. The fourth-order valence-corrected chi connectivity index (χ4v) is 2.06. The van der Waals surface area contributed by atoms with Gasteiger partial charge in [-0.3, -0.25) is 4.79 Å². The van der Waals surface area contributed by atoms with Gasteiger partial charge in [0.1, 0.15) is 11.6 Å². The molecule has 0 radical (unpaired) electrons. The maximum absolute atomic E-state index is 13.2. The number of hydrogen-bond acceptors (Lipinski definition) is 3. The first kappa shape index (κ1) is 14.9. The van der Waals surface area contributed by atoms with Crippen molar-refractivity contribution in [3.63, 3.8) is 0 Å². The zero-order valence-electron chi connectivity index (χ0n) is 9.79. The molecule has 0 saturated carbocycles. The summed E-state index contributed by atoms with van der Waals surface area (Å²) >= 11 is 1.58. The highest BCUT2D eigenvalue weighted by molar-refractivity contribution is 7.99. The highest BCUT2D eigenvalue weighted by Crippen LogP contribution is 2.09. The van der Waals surface area contributed by atoms with E-state index in [1.807, 2.05) is 0 Å². The molecule has 6 heteroatoms. The van der Waals surface area contributed by atoms with E-state index in [2.05, 4.69) is 5.32 Å². The number of carbonyl (C=O) groups excluding carboxylic acids is 1. The van der Waals surface area contributed by atoms with Crippen molar-refractivity contribution in [2.75, 3.05) is 24.7 Å². The van der Waals surface area contributed by atoms with Crippen molar-refractivity contribution < 1.29 is 18.7 Å². The van der Waals surface area contributed by atoms with E-state index in [1.54, 1.807) is 11.8 Å². The van der Waals surface area contributed by atoms with Gasteiger partial charge in [0.05, 0.1) is 5.56 Å². The summed E-state index contributed by atoms with van der Waals surface area (Å²) in [5, 5.41) is 11.1. The first-order valence-corrected chi connectivity index (χ1v) is 6.72. The molecule has 3 nitrogen and oxygen atoms in total. The molecule has 0 saturated heterocycles. The van der Waals surface area contributed by atoms with Gasteiger partial charge in [-0.15, -0.1) is 0 Å². The lowest BCUT2D eigenvalue weighted by molar-refractivity contribution is 0.0951. The lowest BCUT2D eigenvalue weighted by Gasteiger charge is -2.06. The van der Waals surface area contributed by atoms with Crippen LogP contribution in [0, 0.1) is 11.6 Å². The average molecular weight is 275 g/mol. The van der Waals surface area contributed by atoms with Crippen molar-refractivity contribution in [1.29, 1.82) is 0 Å². The van der Waals surface area contributed by atoms with Gasteiger partial charge in [-0.05, 0) is 30.4 Å². The second kappa shape index (κ2) is 8.05. The Bertz CT molecular complexity index is 402. The Balaban J connectivity index is 2.34. The molecule has 0 atom stereocenters. The minimum Gasteiger partial charge on any atom is -0.396 e. The monoisotopic (exact) mass is 275 g/mol. The molecular weight excluding hydrogens is 260 g/mol. The molecule has 0 aromatic heterocycles. The molecule has 2 N–H and O–H groups in total. The maximum atomic E-state index is 13.2. The molecule has 100 valence electrons. The van der Waals surface area contributed by atoms with E-state index in [9.17, 15) is 13.6 Å². The Morgan fingerprint density at radius 1 is 1.33 bits per heavy atom. The Hall–Kier alpha value is -1.14. The first-order valence-electron chi connectivity index (χ1n) is 5.57. The normalized spacial score (nSPS) is 10.4. The first-order chi connectivity index (χ1) is 8.65. The van der Waals surface area contributed by atoms with Crippen LogP contribution < -0.4 is 5.32 Å². The van der Waals surface area contributed by atoms with E-state index in [0.717, 1.165) is 24.0 Å². The van der Waals surface area contributed by atoms with E-state index in [4.69, 9.17) is 5.11 Å². The van der Waals surface area contributed by atoms with Crippen LogP contribution in [0.5, 0.6) is 0 Å². The molecule has 18 heavy (non-hydrogen) atoms. The SMILES string of the molecule is O=C(NCCSCCCO)c1cc(F)ccc1F. The number of amides is 1. The highest BCUT2D eigenvalue weighted by Gasteiger charge is 2.11.